The van der Waals surface area contributed by atoms with Crippen LogP contribution in [0, 0.1) is 0 Å². The van der Waals surface area contributed by atoms with Gasteiger partial charge in [-0.05, 0) is 31.2 Å². The van der Waals surface area contributed by atoms with E-state index in [1.165, 1.54) is 17.0 Å². The fourth-order valence-electron chi connectivity index (χ4n) is 2.00. The maximum Gasteiger partial charge on any atom is 0.416 e. The first-order chi connectivity index (χ1) is 9.79. The van der Waals surface area contributed by atoms with Crippen molar-refractivity contribution in [2.45, 2.75) is 19.1 Å². The summed E-state index contributed by atoms with van der Waals surface area (Å²) in [5.41, 5.74) is -0.544. The van der Waals surface area contributed by atoms with Crippen LogP contribution in [0.2, 0.25) is 0 Å². The molecule has 1 saturated heterocycles. The third-order valence-corrected chi connectivity index (χ3v) is 3.22. The molecule has 3 amide bonds. The molecule has 1 aliphatic heterocycles. The highest BCUT2D eigenvalue weighted by Gasteiger charge is 2.31. The fourth-order valence-corrected chi connectivity index (χ4v) is 2.00. The van der Waals surface area contributed by atoms with Crippen molar-refractivity contribution in [1.82, 2.24) is 10.2 Å². The quantitative estimate of drug-likeness (QED) is 0.834. The van der Waals surface area contributed by atoms with Gasteiger partial charge in [0.15, 0.2) is 0 Å². The van der Waals surface area contributed by atoms with Crippen LogP contribution >= 0.6 is 0 Å². The van der Waals surface area contributed by atoms with E-state index in [1.807, 2.05) is 0 Å². The van der Waals surface area contributed by atoms with E-state index in [-0.39, 0.29) is 11.6 Å². The molecule has 1 heterocycles. The Bertz CT molecular complexity index is 543. The zero-order chi connectivity index (χ0) is 15.6. The van der Waals surface area contributed by atoms with Crippen LogP contribution in [0.1, 0.15) is 12.5 Å². The van der Waals surface area contributed by atoms with Gasteiger partial charge in [-0.3, -0.25) is 4.79 Å². The molecule has 0 bridgehead atoms. The Hall–Kier alpha value is -2.25. The Morgan fingerprint density at radius 2 is 1.95 bits per heavy atom. The smallest absolute Gasteiger partial charge is 0.353 e. The molecule has 1 aromatic rings. The van der Waals surface area contributed by atoms with Gasteiger partial charge in [-0.2, -0.15) is 13.2 Å². The van der Waals surface area contributed by atoms with Crippen LogP contribution in [0.4, 0.5) is 23.7 Å². The van der Waals surface area contributed by atoms with E-state index in [0.717, 1.165) is 12.1 Å². The minimum atomic E-state index is -4.41. The Balaban J connectivity index is 2.04. The van der Waals surface area contributed by atoms with Crippen LogP contribution in [0.25, 0.3) is 0 Å². The molecule has 1 fully saturated rings. The standard InChI is InChI=1S/C13H14F3N3O2/c1-8-11(20)17-6-7-19(8)12(21)18-10-4-2-9(3-5-10)13(14,15)16/h2-5,8H,6-7H2,1H3,(H,17,20)(H,18,21)/t8-/m0/s1. The summed E-state index contributed by atoms with van der Waals surface area (Å²) in [5, 5.41) is 5.10. The monoisotopic (exact) mass is 301 g/mol. The normalized spacial score (nSPS) is 19.1. The number of rotatable bonds is 1. The first kappa shape index (κ1) is 15.1. The van der Waals surface area contributed by atoms with Crippen LogP contribution in [0.15, 0.2) is 24.3 Å². The van der Waals surface area contributed by atoms with Crippen molar-refractivity contribution >= 4 is 17.6 Å². The first-order valence-corrected chi connectivity index (χ1v) is 6.31. The SMILES string of the molecule is C[C@H]1C(=O)NCCN1C(=O)Nc1ccc(C(F)(F)F)cc1. The van der Waals surface area contributed by atoms with Crippen molar-refractivity contribution in [2.24, 2.45) is 0 Å². The highest BCUT2D eigenvalue weighted by Crippen LogP contribution is 2.29. The number of piperazine rings is 1. The van der Waals surface area contributed by atoms with Gasteiger partial charge in [0.1, 0.15) is 6.04 Å². The number of urea groups is 1. The van der Waals surface area contributed by atoms with Crippen LogP contribution in [-0.2, 0) is 11.0 Å². The lowest BCUT2D eigenvalue weighted by molar-refractivity contribution is -0.137. The van der Waals surface area contributed by atoms with Crippen LogP contribution < -0.4 is 10.6 Å². The average molecular weight is 301 g/mol. The van der Waals surface area contributed by atoms with Gasteiger partial charge >= 0.3 is 12.2 Å². The zero-order valence-electron chi connectivity index (χ0n) is 11.2. The van der Waals surface area contributed by atoms with Crippen molar-refractivity contribution in [2.75, 3.05) is 18.4 Å². The predicted octanol–water partition coefficient (Wildman–Crippen LogP) is 2.06. The summed E-state index contributed by atoms with van der Waals surface area (Å²) in [6.45, 7) is 2.28. The van der Waals surface area contributed by atoms with Crippen molar-refractivity contribution in [3.8, 4) is 0 Å². The van der Waals surface area contributed by atoms with Crippen molar-refractivity contribution in [3.63, 3.8) is 0 Å². The van der Waals surface area contributed by atoms with E-state index >= 15 is 0 Å². The van der Waals surface area contributed by atoms with E-state index in [4.69, 9.17) is 0 Å². The summed E-state index contributed by atoms with van der Waals surface area (Å²) in [6.07, 6.45) is -4.41. The molecule has 0 saturated carbocycles. The molecule has 1 aliphatic rings. The molecule has 0 aromatic heterocycles. The molecular formula is C13H14F3N3O2. The topological polar surface area (TPSA) is 61.4 Å². The molecule has 0 radical (unpaired) electrons. The van der Waals surface area contributed by atoms with E-state index in [9.17, 15) is 22.8 Å². The van der Waals surface area contributed by atoms with Crippen molar-refractivity contribution in [3.05, 3.63) is 29.8 Å². The third-order valence-electron chi connectivity index (χ3n) is 3.22. The molecular weight excluding hydrogens is 287 g/mol. The van der Waals surface area contributed by atoms with Gasteiger partial charge in [0.05, 0.1) is 5.56 Å². The number of alkyl halides is 3. The van der Waals surface area contributed by atoms with Crippen LogP contribution in [0.5, 0.6) is 0 Å². The summed E-state index contributed by atoms with van der Waals surface area (Å²) in [4.78, 5) is 24.8. The molecule has 21 heavy (non-hydrogen) atoms. The van der Waals surface area contributed by atoms with E-state index < -0.39 is 23.8 Å². The second-order valence-corrected chi connectivity index (χ2v) is 4.67. The van der Waals surface area contributed by atoms with Gasteiger partial charge in [-0.25, -0.2) is 4.79 Å². The molecule has 0 unspecified atom stereocenters. The number of nitrogens with zero attached hydrogens (tertiary/aromatic N) is 1. The number of carbonyl (C=O) groups excluding carboxylic acids is 2. The van der Waals surface area contributed by atoms with Crippen LogP contribution in [-0.4, -0.2) is 36.0 Å². The van der Waals surface area contributed by atoms with Gasteiger partial charge in [0, 0.05) is 18.8 Å². The number of nitrogens with one attached hydrogen (secondary N) is 2. The number of anilines is 1. The molecule has 114 valence electrons. The van der Waals surface area contributed by atoms with E-state index in [2.05, 4.69) is 10.6 Å². The lowest BCUT2D eigenvalue weighted by Crippen LogP contribution is -2.56. The highest BCUT2D eigenvalue weighted by molar-refractivity contribution is 5.94. The average Bonchev–Trinajstić information content (AvgIpc) is 2.41. The highest BCUT2D eigenvalue weighted by atomic mass is 19.4. The maximum atomic E-state index is 12.4. The van der Waals surface area contributed by atoms with Gasteiger partial charge in [-0.1, -0.05) is 0 Å². The van der Waals surface area contributed by atoms with Gasteiger partial charge in [0.2, 0.25) is 5.91 Å². The Morgan fingerprint density at radius 1 is 1.33 bits per heavy atom. The maximum absolute atomic E-state index is 12.4. The number of carbonyl (C=O) groups is 2. The summed E-state index contributed by atoms with van der Waals surface area (Å²) in [7, 11) is 0. The Kier molecular flexibility index (Phi) is 4.06. The van der Waals surface area contributed by atoms with Gasteiger partial charge < -0.3 is 15.5 Å². The number of halogens is 3. The predicted molar refractivity (Wildman–Crippen MR) is 69.6 cm³/mol. The zero-order valence-corrected chi connectivity index (χ0v) is 11.2. The third kappa shape index (κ3) is 3.45. The lowest BCUT2D eigenvalue weighted by Gasteiger charge is -2.32. The Labute approximate surface area is 119 Å². The summed E-state index contributed by atoms with van der Waals surface area (Å²) < 4.78 is 37.3. The number of benzene rings is 1. The summed E-state index contributed by atoms with van der Waals surface area (Å²) in [6, 6.07) is 3.00. The lowest BCUT2D eigenvalue weighted by atomic mass is 10.2. The Morgan fingerprint density at radius 3 is 2.52 bits per heavy atom. The number of amides is 3. The fraction of sp³-hybridized carbons (Fsp3) is 0.385. The van der Waals surface area contributed by atoms with Crippen LogP contribution in [0.3, 0.4) is 0 Å². The molecule has 2 N–H and O–H groups in total. The minimum absolute atomic E-state index is 0.242. The molecule has 2 rings (SSSR count). The molecule has 5 nitrogen and oxygen atoms in total. The number of hydrogen-bond donors (Lipinski definition) is 2. The molecule has 8 heteroatoms. The van der Waals surface area contributed by atoms with Gasteiger partial charge in [-0.15, -0.1) is 0 Å². The summed E-state index contributed by atoms with van der Waals surface area (Å²) >= 11 is 0. The molecule has 1 aromatic carbocycles. The van der Waals surface area contributed by atoms with Crippen molar-refractivity contribution in [1.29, 1.82) is 0 Å². The largest absolute Gasteiger partial charge is 0.416 e. The molecule has 1 atom stereocenters. The second kappa shape index (κ2) is 5.63. The molecule has 0 spiro atoms. The first-order valence-electron chi connectivity index (χ1n) is 6.31. The minimum Gasteiger partial charge on any atom is -0.353 e. The second-order valence-electron chi connectivity index (χ2n) is 4.67. The van der Waals surface area contributed by atoms with E-state index in [1.54, 1.807) is 6.92 Å². The van der Waals surface area contributed by atoms with Gasteiger partial charge in [0.25, 0.3) is 0 Å². The number of hydrogen-bond acceptors (Lipinski definition) is 2. The van der Waals surface area contributed by atoms with E-state index in [0.29, 0.717) is 13.1 Å². The molecule has 0 aliphatic carbocycles. The summed E-state index contributed by atoms with van der Waals surface area (Å²) in [5.74, 6) is -0.260. The van der Waals surface area contributed by atoms with Crippen molar-refractivity contribution < 1.29 is 22.8 Å².